The molecule has 1 aromatic carbocycles. The molecule has 6 nitrogen and oxygen atoms in total. The first-order chi connectivity index (χ1) is 11.7. The van der Waals surface area contributed by atoms with Crippen LogP contribution < -0.4 is 4.90 Å². The van der Waals surface area contributed by atoms with Crippen LogP contribution in [-0.2, 0) is 16.0 Å². The average Bonchev–Trinajstić information content (AvgIpc) is 2.98. The number of ether oxygens (including phenoxy) is 1. The van der Waals surface area contributed by atoms with Crippen molar-refractivity contribution in [1.29, 1.82) is 5.26 Å². The summed E-state index contributed by atoms with van der Waals surface area (Å²) in [7, 11) is 1.39. The number of urea groups is 1. The van der Waals surface area contributed by atoms with Gasteiger partial charge in [-0.05, 0) is 37.0 Å². The highest BCUT2D eigenvalue weighted by molar-refractivity contribution is 5.94. The molecule has 1 aliphatic rings. The van der Waals surface area contributed by atoms with Gasteiger partial charge in [0.25, 0.3) is 0 Å². The fraction of sp³-hybridized carbons (Fsp3) is 0.500. The van der Waals surface area contributed by atoms with Crippen LogP contribution in [0.15, 0.2) is 24.3 Å². The van der Waals surface area contributed by atoms with Gasteiger partial charge in [0, 0.05) is 38.2 Å². The second-order valence-corrected chi connectivity index (χ2v) is 5.78. The third-order valence-corrected chi connectivity index (χ3v) is 4.16. The second kappa shape index (κ2) is 8.92. The number of unbranched alkanes of at least 4 members (excludes halogenated alkanes) is 2. The maximum Gasteiger partial charge on any atom is 0.324 e. The van der Waals surface area contributed by atoms with E-state index in [1.807, 2.05) is 29.2 Å². The van der Waals surface area contributed by atoms with Gasteiger partial charge in [-0.2, -0.15) is 5.26 Å². The topological polar surface area (TPSA) is 73.6 Å². The van der Waals surface area contributed by atoms with E-state index in [0.29, 0.717) is 32.4 Å². The van der Waals surface area contributed by atoms with Crippen LogP contribution in [0.1, 0.15) is 31.2 Å². The maximum atomic E-state index is 12.4. The van der Waals surface area contributed by atoms with Crippen LogP contribution in [0.4, 0.5) is 10.5 Å². The van der Waals surface area contributed by atoms with Gasteiger partial charge in [0.1, 0.15) is 0 Å². The van der Waals surface area contributed by atoms with Gasteiger partial charge in [-0.25, -0.2) is 4.79 Å². The predicted molar refractivity (Wildman–Crippen MR) is 90.6 cm³/mol. The van der Waals surface area contributed by atoms with E-state index in [1.165, 1.54) is 7.11 Å². The third-order valence-electron chi connectivity index (χ3n) is 4.16. The fourth-order valence-corrected chi connectivity index (χ4v) is 2.73. The number of benzene rings is 1. The molecule has 0 saturated carbocycles. The summed E-state index contributed by atoms with van der Waals surface area (Å²) in [6.07, 6.45) is 3.22. The van der Waals surface area contributed by atoms with E-state index in [9.17, 15) is 9.59 Å². The van der Waals surface area contributed by atoms with E-state index in [4.69, 9.17) is 5.26 Å². The monoisotopic (exact) mass is 329 g/mol. The molecule has 0 N–H and O–H groups in total. The van der Waals surface area contributed by atoms with E-state index in [-0.39, 0.29) is 12.0 Å². The van der Waals surface area contributed by atoms with Crippen LogP contribution in [0.25, 0.3) is 0 Å². The molecule has 0 aliphatic carbocycles. The molecule has 0 unspecified atom stereocenters. The van der Waals surface area contributed by atoms with Crippen molar-refractivity contribution >= 4 is 17.7 Å². The summed E-state index contributed by atoms with van der Waals surface area (Å²) in [6, 6.07) is 9.88. The van der Waals surface area contributed by atoms with Gasteiger partial charge < -0.3 is 9.64 Å². The molecule has 2 rings (SSSR count). The molecule has 0 radical (unpaired) electrons. The van der Waals surface area contributed by atoms with Gasteiger partial charge in [-0.15, -0.1) is 0 Å². The minimum absolute atomic E-state index is 0.0225. The van der Waals surface area contributed by atoms with Crippen LogP contribution >= 0.6 is 0 Å². The Kier molecular flexibility index (Phi) is 6.62. The Hall–Kier alpha value is -2.55. The van der Waals surface area contributed by atoms with E-state index in [2.05, 4.69) is 10.8 Å². The Morgan fingerprint density at radius 1 is 1.25 bits per heavy atom. The number of carbonyl (C=O) groups is 2. The quantitative estimate of drug-likeness (QED) is 0.543. The summed E-state index contributed by atoms with van der Waals surface area (Å²) >= 11 is 0. The number of rotatable bonds is 8. The Balaban J connectivity index is 1.87. The van der Waals surface area contributed by atoms with E-state index in [1.54, 1.807) is 4.90 Å². The summed E-state index contributed by atoms with van der Waals surface area (Å²) in [4.78, 5) is 27.2. The first-order valence-electron chi connectivity index (χ1n) is 8.25. The molecule has 1 saturated heterocycles. The van der Waals surface area contributed by atoms with Crippen molar-refractivity contribution in [3.8, 4) is 6.07 Å². The standard InChI is InChI=1S/C18H23N3O3/c1-24-17(22)10-7-15-5-8-16(9-6-15)21-14-13-20(18(21)23)12-4-2-3-11-19/h5-6,8-9H,2-4,7,10,12-14H2,1H3. The number of aryl methyl sites for hydroxylation is 1. The number of anilines is 1. The highest BCUT2D eigenvalue weighted by Gasteiger charge is 2.28. The van der Waals surface area contributed by atoms with Crippen molar-refractivity contribution in [1.82, 2.24) is 4.90 Å². The van der Waals surface area contributed by atoms with Gasteiger partial charge in [-0.3, -0.25) is 9.69 Å². The Morgan fingerprint density at radius 2 is 2.00 bits per heavy atom. The minimum Gasteiger partial charge on any atom is -0.469 e. The number of hydrogen-bond donors (Lipinski definition) is 0. The summed E-state index contributed by atoms with van der Waals surface area (Å²) in [5.74, 6) is -0.221. The average molecular weight is 329 g/mol. The fourth-order valence-electron chi connectivity index (χ4n) is 2.73. The molecule has 2 amide bonds. The lowest BCUT2D eigenvalue weighted by Gasteiger charge is -2.18. The molecule has 0 atom stereocenters. The highest BCUT2D eigenvalue weighted by Crippen LogP contribution is 2.21. The van der Waals surface area contributed by atoms with Crippen molar-refractivity contribution in [3.63, 3.8) is 0 Å². The second-order valence-electron chi connectivity index (χ2n) is 5.78. The summed E-state index contributed by atoms with van der Waals surface area (Å²) < 4.78 is 4.64. The molecular weight excluding hydrogens is 306 g/mol. The van der Waals surface area contributed by atoms with Crippen molar-refractivity contribution < 1.29 is 14.3 Å². The summed E-state index contributed by atoms with van der Waals surface area (Å²) in [5, 5.41) is 8.54. The van der Waals surface area contributed by atoms with E-state index in [0.717, 1.165) is 30.6 Å². The molecule has 24 heavy (non-hydrogen) atoms. The lowest BCUT2D eigenvalue weighted by molar-refractivity contribution is -0.140. The number of hydrogen-bond acceptors (Lipinski definition) is 4. The number of nitriles is 1. The smallest absolute Gasteiger partial charge is 0.324 e. The number of amides is 2. The normalized spacial score (nSPS) is 13.9. The lowest BCUT2D eigenvalue weighted by atomic mass is 10.1. The molecule has 128 valence electrons. The van der Waals surface area contributed by atoms with Crippen molar-refractivity contribution in [2.75, 3.05) is 31.6 Å². The first-order valence-corrected chi connectivity index (χ1v) is 8.25. The third kappa shape index (κ3) is 4.72. The van der Waals surface area contributed by atoms with E-state index >= 15 is 0 Å². The van der Waals surface area contributed by atoms with Crippen LogP contribution in [0, 0.1) is 11.3 Å². The molecule has 1 aliphatic heterocycles. The van der Waals surface area contributed by atoms with Crippen LogP contribution in [0.2, 0.25) is 0 Å². The van der Waals surface area contributed by atoms with Crippen LogP contribution in [0.3, 0.4) is 0 Å². The van der Waals surface area contributed by atoms with Gasteiger partial charge in [-0.1, -0.05) is 12.1 Å². The van der Waals surface area contributed by atoms with Crippen molar-refractivity contribution in [2.24, 2.45) is 0 Å². The summed E-state index contributed by atoms with van der Waals surface area (Å²) in [5.41, 5.74) is 1.92. The zero-order valence-electron chi connectivity index (χ0n) is 14.0. The number of nitrogens with zero attached hydrogens (tertiary/aromatic N) is 3. The van der Waals surface area contributed by atoms with Gasteiger partial charge in [0.15, 0.2) is 0 Å². The molecule has 0 aromatic heterocycles. The molecule has 1 heterocycles. The SMILES string of the molecule is COC(=O)CCc1ccc(N2CCN(CCCCC#N)C2=O)cc1. The van der Waals surface area contributed by atoms with Crippen LogP contribution in [0.5, 0.6) is 0 Å². The molecule has 0 spiro atoms. The zero-order chi connectivity index (χ0) is 17.4. The number of methoxy groups -OCH3 is 1. The van der Waals surface area contributed by atoms with Crippen molar-refractivity contribution in [3.05, 3.63) is 29.8 Å². The molecule has 1 aromatic rings. The number of esters is 1. The maximum absolute atomic E-state index is 12.4. The molecule has 0 bridgehead atoms. The van der Waals surface area contributed by atoms with Gasteiger partial charge >= 0.3 is 12.0 Å². The van der Waals surface area contributed by atoms with Gasteiger partial charge in [0.05, 0.1) is 13.2 Å². The number of carbonyl (C=O) groups excluding carboxylic acids is 2. The largest absolute Gasteiger partial charge is 0.469 e. The highest BCUT2D eigenvalue weighted by atomic mass is 16.5. The first kappa shape index (κ1) is 17.8. The Morgan fingerprint density at radius 3 is 2.67 bits per heavy atom. The van der Waals surface area contributed by atoms with E-state index < -0.39 is 0 Å². The van der Waals surface area contributed by atoms with Crippen LogP contribution in [-0.4, -0.2) is 43.6 Å². The minimum atomic E-state index is -0.221. The Bertz CT molecular complexity index is 607. The summed E-state index contributed by atoms with van der Waals surface area (Å²) in [6.45, 7) is 2.10. The van der Waals surface area contributed by atoms with Crippen molar-refractivity contribution in [2.45, 2.75) is 32.1 Å². The zero-order valence-corrected chi connectivity index (χ0v) is 14.0. The van der Waals surface area contributed by atoms with Gasteiger partial charge in [0.2, 0.25) is 0 Å². The molecule has 1 fully saturated rings. The molecule has 6 heteroatoms. The predicted octanol–water partition coefficient (Wildman–Crippen LogP) is 2.73. The molecular formula is C18H23N3O3. The lowest BCUT2D eigenvalue weighted by Crippen LogP contribution is -2.32. The Labute approximate surface area is 142 Å².